The molecule has 4 heteroatoms. The molecular formula is C12H20BrN3. The fourth-order valence-corrected chi connectivity index (χ4v) is 3.25. The number of aromatic nitrogens is 2. The van der Waals surface area contributed by atoms with E-state index < -0.39 is 0 Å². The Balaban J connectivity index is 1.93. The average Bonchev–Trinajstić information content (AvgIpc) is 2.53. The van der Waals surface area contributed by atoms with E-state index in [1.165, 1.54) is 44.2 Å². The van der Waals surface area contributed by atoms with Crippen molar-refractivity contribution in [1.29, 1.82) is 0 Å². The van der Waals surface area contributed by atoms with Gasteiger partial charge in [0.25, 0.3) is 0 Å². The number of hydrogen-bond donors (Lipinski definition) is 1. The third-order valence-electron chi connectivity index (χ3n) is 3.71. The summed E-state index contributed by atoms with van der Waals surface area (Å²) < 4.78 is 2.91. The molecule has 2 rings (SSSR count). The molecule has 1 aliphatic rings. The lowest BCUT2D eigenvalue weighted by Crippen LogP contribution is -2.09. The van der Waals surface area contributed by atoms with Gasteiger partial charge in [-0.15, -0.1) is 0 Å². The second kappa shape index (κ2) is 5.21. The first-order valence-electron chi connectivity index (χ1n) is 6.15. The number of halogens is 1. The molecule has 0 aliphatic heterocycles. The van der Waals surface area contributed by atoms with Crippen LogP contribution in [0.15, 0.2) is 4.60 Å². The van der Waals surface area contributed by atoms with Gasteiger partial charge >= 0.3 is 0 Å². The van der Waals surface area contributed by atoms with Gasteiger partial charge in [-0.3, -0.25) is 0 Å². The Kier molecular flexibility index (Phi) is 3.90. The molecule has 0 aromatic carbocycles. The fourth-order valence-electron chi connectivity index (χ4n) is 2.60. The van der Waals surface area contributed by atoms with Crippen molar-refractivity contribution >= 4 is 21.9 Å². The van der Waals surface area contributed by atoms with Crippen molar-refractivity contribution in [3.05, 3.63) is 10.3 Å². The van der Waals surface area contributed by atoms with Crippen LogP contribution in [0.1, 0.15) is 44.2 Å². The zero-order valence-corrected chi connectivity index (χ0v) is 11.5. The summed E-state index contributed by atoms with van der Waals surface area (Å²) in [4.78, 5) is 4.23. The minimum absolute atomic E-state index is 0.602. The van der Waals surface area contributed by atoms with Gasteiger partial charge in [-0.25, -0.2) is 4.98 Å². The number of nitrogens with two attached hydrogens (primary N) is 1. The van der Waals surface area contributed by atoms with Gasteiger partial charge in [-0.1, -0.05) is 32.1 Å². The van der Waals surface area contributed by atoms with E-state index in [0.717, 1.165) is 16.9 Å². The van der Waals surface area contributed by atoms with E-state index in [1.54, 1.807) is 0 Å². The number of anilines is 1. The zero-order valence-electron chi connectivity index (χ0n) is 9.88. The number of imidazole rings is 1. The molecule has 0 radical (unpaired) electrons. The zero-order chi connectivity index (χ0) is 11.5. The highest BCUT2D eigenvalue weighted by atomic mass is 79.9. The summed E-state index contributed by atoms with van der Waals surface area (Å²) in [6, 6.07) is 0. The van der Waals surface area contributed by atoms with Crippen LogP contribution < -0.4 is 5.73 Å². The van der Waals surface area contributed by atoms with Crippen molar-refractivity contribution in [2.45, 2.75) is 44.9 Å². The van der Waals surface area contributed by atoms with Crippen LogP contribution in [0.2, 0.25) is 0 Å². The minimum Gasteiger partial charge on any atom is -0.369 e. The molecule has 16 heavy (non-hydrogen) atoms. The van der Waals surface area contributed by atoms with E-state index in [4.69, 9.17) is 5.73 Å². The van der Waals surface area contributed by atoms with Crippen LogP contribution in [-0.2, 0) is 13.5 Å². The second-order valence-corrected chi connectivity index (χ2v) is 5.56. The van der Waals surface area contributed by atoms with E-state index in [1.807, 2.05) is 11.6 Å². The summed E-state index contributed by atoms with van der Waals surface area (Å²) in [5.74, 6) is 1.52. The third kappa shape index (κ3) is 2.59. The SMILES string of the molecule is Cn1c(N)nc(Br)c1CCC1CCCCC1. The molecule has 1 aromatic rings. The second-order valence-electron chi connectivity index (χ2n) is 4.81. The lowest BCUT2D eigenvalue weighted by atomic mass is 9.86. The molecule has 1 heterocycles. The highest BCUT2D eigenvalue weighted by Gasteiger charge is 2.16. The number of nitrogens with zero attached hydrogens (tertiary/aromatic N) is 2. The topological polar surface area (TPSA) is 43.8 Å². The number of nitrogen functional groups attached to an aromatic ring is 1. The average molecular weight is 286 g/mol. The molecule has 1 aromatic heterocycles. The first-order chi connectivity index (χ1) is 7.68. The summed E-state index contributed by atoms with van der Waals surface area (Å²) >= 11 is 3.48. The normalized spacial score (nSPS) is 17.9. The standard InChI is InChI=1S/C12H20BrN3/c1-16-10(11(13)15-12(16)14)8-7-9-5-3-2-4-6-9/h9H,2-8H2,1H3,(H2,14,15). The fraction of sp³-hybridized carbons (Fsp3) is 0.750. The monoisotopic (exact) mass is 285 g/mol. The molecule has 3 nitrogen and oxygen atoms in total. The van der Waals surface area contributed by atoms with Gasteiger partial charge in [0, 0.05) is 7.05 Å². The predicted octanol–water partition coefficient (Wildman–Crippen LogP) is 3.28. The van der Waals surface area contributed by atoms with E-state index in [0.29, 0.717) is 5.95 Å². The van der Waals surface area contributed by atoms with Crippen LogP contribution in [0.5, 0.6) is 0 Å². The van der Waals surface area contributed by atoms with E-state index in [9.17, 15) is 0 Å². The Morgan fingerprint density at radius 1 is 1.38 bits per heavy atom. The van der Waals surface area contributed by atoms with Crippen molar-refractivity contribution in [3.63, 3.8) is 0 Å². The van der Waals surface area contributed by atoms with Gasteiger partial charge in [-0.05, 0) is 34.7 Å². The Morgan fingerprint density at radius 3 is 2.62 bits per heavy atom. The molecule has 0 saturated heterocycles. The van der Waals surface area contributed by atoms with Crippen LogP contribution in [0, 0.1) is 5.92 Å². The van der Waals surface area contributed by atoms with E-state index in [-0.39, 0.29) is 0 Å². The van der Waals surface area contributed by atoms with Crippen LogP contribution in [0.3, 0.4) is 0 Å². The summed E-state index contributed by atoms with van der Waals surface area (Å²) in [5, 5.41) is 0. The Hall–Kier alpha value is -0.510. The molecule has 2 N–H and O–H groups in total. The van der Waals surface area contributed by atoms with Crippen LogP contribution >= 0.6 is 15.9 Å². The molecule has 0 unspecified atom stereocenters. The number of hydrogen-bond acceptors (Lipinski definition) is 2. The summed E-state index contributed by atoms with van der Waals surface area (Å²) in [7, 11) is 1.99. The molecule has 1 saturated carbocycles. The number of rotatable bonds is 3. The van der Waals surface area contributed by atoms with Crippen molar-refractivity contribution in [1.82, 2.24) is 9.55 Å². The lowest BCUT2D eigenvalue weighted by Gasteiger charge is -2.21. The molecule has 1 fully saturated rings. The van der Waals surface area contributed by atoms with Gasteiger partial charge in [0.1, 0.15) is 4.60 Å². The van der Waals surface area contributed by atoms with Crippen molar-refractivity contribution in [2.24, 2.45) is 13.0 Å². The van der Waals surface area contributed by atoms with E-state index in [2.05, 4.69) is 20.9 Å². The highest BCUT2D eigenvalue weighted by molar-refractivity contribution is 9.10. The largest absolute Gasteiger partial charge is 0.369 e. The predicted molar refractivity (Wildman–Crippen MR) is 70.2 cm³/mol. The molecule has 90 valence electrons. The summed E-state index contributed by atoms with van der Waals surface area (Å²) in [5.41, 5.74) is 7.01. The van der Waals surface area contributed by atoms with Gasteiger partial charge in [0.05, 0.1) is 5.69 Å². The molecule has 0 atom stereocenters. The van der Waals surface area contributed by atoms with Crippen molar-refractivity contribution < 1.29 is 0 Å². The van der Waals surface area contributed by atoms with Crippen molar-refractivity contribution in [2.75, 3.05) is 5.73 Å². The molecule has 0 spiro atoms. The summed E-state index contributed by atoms with van der Waals surface area (Å²) in [6.07, 6.45) is 9.44. The molecular weight excluding hydrogens is 266 g/mol. The lowest BCUT2D eigenvalue weighted by molar-refractivity contribution is 0.337. The Labute approximate surface area is 106 Å². The molecule has 0 amide bonds. The van der Waals surface area contributed by atoms with Crippen LogP contribution in [0.4, 0.5) is 5.95 Å². The third-order valence-corrected chi connectivity index (χ3v) is 4.35. The highest BCUT2D eigenvalue weighted by Crippen LogP contribution is 2.29. The maximum atomic E-state index is 5.77. The van der Waals surface area contributed by atoms with Gasteiger partial charge in [-0.2, -0.15) is 0 Å². The first-order valence-corrected chi connectivity index (χ1v) is 6.94. The van der Waals surface area contributed by atoms with Crippen LogP contribution in [-0.4, -0.2) is 9.55 Å². The van der Waals surface area contributed by atoms with Gasteiger partial charge < -0.3 is 10.3 Å². The van der Waals surface area contributed by atoms with Crippen molar-refractivity contribution in [3.8, 4) is 0 Å². The molecule has 1 aliphatic carbocycles. The maximum absolute atomic E-state index is 5.77. The Bertz CT molecular complexity index is 353. The van der Waals surface area contributed by atoms with Gasteiger partial charge in [0.2, 0.25) is 5.95 Å². The summed E-state index contributed by atoms with van der Waals surface area (Å²) in [6.45, 7) is 0. The molecule has 0 bridgehead atoms. The quantitative estimate of drug-likeness (QED) is 0.926. The smallest absolute Gasteiger partial charge is 0.201 e. The first kappa shape index (κ1) is 12.0. The van der Waals surface area contributed by atoms with Crippen LogP contribution in [0.25, 0.3) is 0 Å². The Morgan fingerprint density at radius 2 is 2.06 bits per heavy atom. The van der Waals surface area contributed by atoms with E-state index >= 15 is 0 Å². The maximum Gasteiger partial charge on any atom is 0.201 e. The van der Waals surface area contributed by atoms with Gasteiger partial charge in [0.15, 0.2) is 0 Å². The minimum atomic E-state index is 0.602.